The van der Waals surface area contributed by atoms with E-state index in [0.29, 0.717) is 0 Å². The van der Waals surface area contributed by atoms with Crippen LogP contribution in [0.25, 0.3) is 0 Å². The normalized spacial score (nSPS) is 9.90. The van der Waals surface area contributed by atoms with E-state index in [4.69, 9.17) is 0 Å². The molecule has 0 radical (unpaired) electrons. The van der Waals surface area contributed by atoms with Crippen molar-refractivity contribution < 1.29 is 4.57 Å². The summed E-state index contributed by atoms with van der Waals surface area (Å²) in [4.78, 5) is 0. The predicted molar refractivity (Wildman–Crippen MR) is 41.8 cm³/mol. The molecule has 1 aromatic heterocycles. The summed E-state index contributed by atoms with van der Waals surface area (Å²) in [6.07, 6.45) is 2.13. The zero-order valence-corrected chi connectivity index (χ0v) is 6.89. The summed E-state index contributed by atoms with van der Waals surface area (Å²) in [5, 5.41) is 0. The molecule has 10 heavy (non-hydrogen) atoms. The van der Waals surface area contributed by atoms with Gasteiger partial charge in [-0.25, -0.2) is 4.57 Å². The summed E-state index contributed by atoms with van der Waals surface area (Å²) in [5.74, 6) is 0. The van der Waals surface area contributed by atoms with Crippen LogP contribution in [0.15, 0.2) is 18.3 Å². The first-order valence-electron chi connectivity index (χ1n) is 3.70. The molecule has 0 aliphatic carbocycles. The molecule has 0 aliphatic heterocycles. The summed E-state index contributed by atoms with van der Waals surface area (Å²) in [7, 11) is 0. The summed E-state index contributed by atoms with van der Waals surface area (Å²) < 4.78 is 2.23. The van der Waals surface area contributed by atoms with Gasteiger partial charge in [0.15, 0.2) is 11.9 Å². The number of nitrogens with zero attached hydrogens (tertiary/aromatic N) is 1. The first-order valence-corrected chi connectivity index (χ1v) is 3.70. The fourth-order valence-electron chi connectivity index (χ4n) is 1.14. The summed E-state index contributed by atoms with van der Waals surface area (Å²) >= 11 is 0. The van der Waals surface area contributed by atoms with Crippen LogP contribution in [0.3, 0.4) is 0 Å². The van der Waals surface area contributed by atoms with Gasteiger partial charge >= 0.3 is 0 Å². The van der Waals surface area contributed by atoms with Gasteiger partial charge in [-0.1, -0.05) is 0 Å². The van der Waals surface area contributed by atoms with E-state index in [2.05, 4.69) is 43.7 Å². The molecule has 0 unspecified atom stereocenters. The van der Waals surface area contributed by atoms with E-state index < -0.39 is 0 Å². The summed E-state index contributed by atoms with van der Waals surface area (Å²) in [5.41, 5.74) is 2.67. The first-order chi connectivity index (χ1) is 4.74. The fourth-order valence-corrected chi connectivity index (χ4v) is 1.14. The zero-order chi connectivity index (χ0) is 7.56. The molecule has 0 N–H and O–H groups in total. The summed E-state index contributed by atoms with van der Waals surface area (Å²) in [6.45, 7) is 7.47. The van der Waals surface area contributed by atoms with Gasteiger partial charge in [-0.15, -0.1) is 0 Å². The number of pyridine rings is 1. The number of rotatable bonds is 1. The van der Waals surface area contributed by atoms with E-state index in [1.807, 2.05) is 0 Å². The van der Waals surface area contributed by atoms with Crippen molar-refractivity contribution in [2.45, 2.75) is 27.3 Å². The molecule has 0 spiro atoms. The van der Waals surface area contributed by atoms with Gasteiger partial charge < -0.3 is 0 Å². The van der Waals surface area contributed by atoms with E-state index in [1.54, 1.807) is 0 Å². The highest BCUT2D eigenvalue weighted by Crippen LogP contribution is 1.95. The lowest BCUT2D eigenvalue weighted by Crippen LogP contribution is -2.35. The lowest BCUT2D eigenvalue weighted by atomic mass is 10.2. The number of hydrogen-bond donors (Lipinski definition) is 0. The van der Waals surface area contributed by atoms with E-state index >= 15 is 0 Å². The predicted octanol–water partition coefficient (Wildman–Crippen LogP) is 1.61. The van der Waals surface area contributed by atoms with E-state index in [9.17, 15) is 0 Å². The van der Waals surface area contributed by atoms with Crippen molar-refractivity contribution in [3.05, 3.63) is 29.6 Å². The molecule has 54 valence electrons. The largest absolute Gasteiger partial charge is 0.203 e. The Balaban J connectivity index is 3.07. The molecule has 1 heteroatoms. The minimum Gasteiger partial charge on any atom is -0.203 e. The van der Waals surface area contributed by atoms with Crippen LogP contribution in [-0.2, 0) is 6.54 Å². The maximum absolute atomic E-state index is 2.23. The molecule has 1 rings (SSSR count). The smallest absolute Gasteiger partial charge is 0.178 e. The standard InChI is InChI=1S/C9H14N/c1-4-10-6-5-8(2)7-9(10)3/h5-7H,4H2,1-3H3/q+1. The van der Waals surface area contributed by atoms with Crippen LogP contribution in [-0.4, -0.2) is 0 Å². The van der Waals surface area contributed by atoms with Gasteiger partial charge in [0.2, 0.25) is 0 Å². The Bertz CT molecular complexity index is 228. The maximum Gasteiger partial charge on any atom is 0.178 e. The van der Waals surface area contributed by atoms with Gasteiger partial charge in [-0.3, -0.25) is 0 Å². The Hall–Kier alpha value is -0.850. The molecule has 0 fully saturated rings. The van der Waals surface area contributed by atoms with Gasteiger partial charge in [0.1, 0.15) is 6.54 Å². The number of hydrogen-bond acceptors (Lipinski definition) is 0. The average Bonchev–Trinajstić information content (AvgIpc) is 1.88. The van der Waals surface area contributed by atoms with Crippen molar-refractivity contribution in [3.8, 4) is 0 Å². The number of aromatic nitrogens is 1. The van der Waals surface area contributed by atoms with Crippen molar-refractivity contribution in [3.63, 3.8) is 0 Å². The summed E-state index contributed by atoms with van der Waals surface area (Å²) in [6, 6.07) is 4.33. The highest BCUT2D eigenvalue weighted by atomic mass is 14.9. The third-order valence-corrected chi connectivity index (χ3v) is 1.75. The Morgan fingerprint density at radius 2 is 2.10 bits per heavy atom. The quantitative estimate of drug-likeness (QED) is 0.516. The van der Waals surface area contributed by atoms with Crippen LogP contribution in [0.2, 0.25) is 0 Å². The van der Waals surface area contributed by atoms with Crippen molar-refractivity contribution in [1.82, 2.24) is 0 Å². The van der Waals surface area contributed by atoms with Crippen LogP contribution in [0.1, 0.15) is 18.2 Å². The van der Waals surface area contributed by atoms with Crippen molar-refractivity contribution in [2.24, 2.45) is 0 Å². The van der Waals surface area contributed by atoms with Crippen LogP contribution in [0.4, 0.5) is 0 Å². The second-order valence-electron chi connectivity index (χ2n) is 2.63. The van der Waals surface area contributed by atoms with E-state index in [-0.39, 0.29) is 0 Å². The zero-order valence-electron chi connectivity index (χ0n) is 6.89. The van der Waals surface area contributed by atoms with Crippen LogP contribution in [0.5, 0.6) is 0 Å². The van der Waals surface area contributed by atoms with Gasteiger partial charge in [-0.05, 0) is 19.4 Å². The van der Waals surface area contributed by atoms with Crippen molar-refractivity contribution in [1.29, 1.82) is 0 Å². The Labute approximate surface area is 62.3 Å². The molecule has 0 atom stereocenters. The van der Waals surface area contributed by atoms with E-state index in [1.165, 1.54) is 11.3 Å². The molecule has 1 heterocycles. The molecule has 0 saturated heterocycles. The lowest BCUT2D eigenvalue weighted by Gasteiger charge is -1.96. The molecule has 1 aromatic rings. The molecular formula is C9H14N+. The molecule has 1 nitrogen and oxygen atoms in total. The van der Waals surface area contributed by atoms with Crippen LogP contribution < -0.4 is 4.57 Å². The molecule has 0 saturated carbocycles. The average molecular weight is 136 g/mol. The van der Waals surface area contributed by atoms with Crippen LogP contribution >= 0.6 is 0 Å². The maximum atomic E-state index is 2.23. The van der Waals surface area contributed by atoms with Gasteiger partial charge in [0.05, 0.1) is 0 Å². The second-order valence-corrected chi connectivity index (χ2v) is 2.63. The molecule has 0 amide bonds. The topological polar surface area (TPSA) is 3.88 Å². The minimum absolute atomic E-state index is 1.06. The molecule has 0 bridgehead atoms. The first kappa shape index (κ1) is 7.26. The molecular weight excluding hydrogens is 122 g/mol. The number of aryl methyl sites for hydroxylation is 3. The second kappa shape index (κ2) is 2.82. The van der Waals surface area contributed by atoms with Gasteiger partial charge in [0.25, 0.3) is 0 Å². The molecule has 0 aliphatic rings. The Kier molecular flexibility index (Phi) is 2.05. The minimum atomic E-state index is 1.06. The Morgan fingerprint density at radius 1 is 1.40 bits per heavy atom. The highest BCUT2D eigenvalue weighted by Gasteiger charge is 2.00. The lowest BCUT2D eigenvalue weighted by molar-refractivity contribution is -0.699. The van der Waals surface area contributed by atoms with E-state index in [0.717, 1.165) is 6.54 Å². The monoisotopic (exact) mass is 136 g/mol. The Morgan fingerprint density at radius 3 is 2.60 bits per heavy atom. The highest BCUT2D eigenvalue weighted by molar-refractivity contribution is 5.08. The van der Waals surface area contributed by atoms with Crippen LogP contribution in [0, 0.1) is 13.8 Å². The van der Waals surface area contributed by atoms with Gasteiger partial charge in [-0.2, -0.15) is 0 Å². The fraction of sp³-hybridized carbons (Fsp3) is 0.444. The third kappa shape index (κ3) is 1.35. The van der Waals surface area contributed by atoms with Gasteiger partial charge in [0, 0.05) is 19.1 Å². The van der Waals surface area contributed by atoms with Crippen molar-refractivity contribution in [2.75, 3.05) is 0 Å². The van der Waals surface area contributed by atoms with Crippen molar-refractivity contribution >= 4 is 0 Å². The SMILES string of the molecule is CC[n+]1ccc(C)cc1C. The third-order valence-electron chi connectivity index (χ3n) is 1.75. The molecule has 0 aromatic carbocycles.